The number of ether oxygens (including phenoxy) is 1. The number of esters is 1. The summed E-state index contributed by atoms with van der Waals surface area (Å²) >= 11 is 0. The molecule has 2 rings (SSSR count). The molecule has 0 atom stereocenters. The Hall–Kier alpha value is -3.54. The summed E-state index contributed by atoms with van der Waals surface area (Å²) in [7, 11) is 0. The zero-order valence-electron chi connectivity index (χ0n) is 13.0. The summed E-state index contributed by atoms with van der Waals surface area (Å²) in [5.41, 5.74) is 1.26. The van der Waals surface area contributed by atoms with E-state index in [4.69, 9.17) is 9.84 Å². The van der Waals surface area contributed by atoms with Crippen LogP contribution in [0.3, 0.4) is 0 Å². The normalized spacial score (nSPS) is 10.4. The molecule has 0 saturated heterocycles. The number of carboxylic acid groups (broad SMARTS) is 1. The number of ketones is 2. The van der Waals surface area contributed by atoms with Gasteiger partial charge in [-0.1, -0.05) is 54.6 Å². The van der Waals surface area contributed by atoms with Gasteiger partial charge in [-0.25, -0.2) is 9.59 Å². The summed E-state index contributed by atoms with van der Waals surface area (Å²) in [5.74, 6) is -4.56. The van der Waals surface area contributed by atoms with Crippen LogP contribution in [0.15, 0.2) is 60.7 Å². The molecule has 6 nitrogen and oxygen atoms in total. The molecule has 0 amide bonds. The maximum absolute atomic E-state index is 12.0. The van der Waals surface area contributed by atoms with Crippen LogP contribution in [-0.4, -0.2) is 28.6 Å². The lowest BCUT2D eigenvalue weighted by Gasteiger charge is -2.04. The SMILES string of the molecule is O=C(O)C=Cc1ccc(C(=O)C(=O)C(=O)OCc2ccccc2)cc1. The van der Waals surface area contributed by atoms with Crippen molar-refractivity contribution in [3.05, 3.63) is 77.4 Å². The van der Waals surface area contributed by atoms with E-state index < -0.39 is 23.5 Å². The largest absolute Gasteiger partial charge is 0.478 e. The summed E-state index contributed by atoms with van der Waals surface area (Å²) in [5, 5.41) is 8.55. The molecule has 2 aromatic rings. The Kier molecular flexibility index (Phi) is 5.95. The number of hydrogen-bond acceptors (Lipinski definition) is 5. The second-order valence-corrected chi connectivity index (χ2v) is 5.01. The van der Waals surface area contributed by atoms with Crippen molar-refractivity contribution < 1.29 is 29.0 Å². The van der Waals surface area contributed by atoms with E-state index in [0.717, 1.165) is 6.08 Å². The minimum absolute atomic E-state index is 0.0223. The smallest absolute Gasteiger partial charge is 0.383 e. The zero-order valence-corrected chi connectivity index (χ0v) is 13.0. The first-order valence-electron chi connectivity index (χ1n) is 7.28. The minimum atomic E-state index is -1.26. The van der Waals surface area contributed by atoms with Gasteiger partial charge in [0.05, 0.1) is 0 Å². The third kappa shape index (κ3) is 5.24. The van der Waals surface area contributed by atoms with Gasteiger partial charge >= 0.3 is 17.7 Å². The Balaban J connectivity index is 1.97. The lowest BCUT2D eigenvalue weighted by atomic mass is 10.1. The van der Waals surface area contributed by atoms with Crippen LogP contribution in [0.25, 0.3) is 6.08 Å². The molecule has 0 aromatic heterocycles. The van der Waals surface area contributed by atoms with Gasteiger partial charge in [0.25, 0.3) is 0 Å². The van der Waals surface area contributed by atoms with E-state index >= 15 is 0 Å². The Bertz CT molecular complexity index is 819. The van der Waals surface area contributed by atoms with Crippen LogP contribution in [0.4, 0.5) is 0 Å². The zero-order chi connectivity index (χ0) is 18.2. The first-order chi connectivity index (χ1) is 12.0. The Morgan fingerprint density at radius 3 is 2.16 bits per heavy atom. The van der Waals surface area contributed by atoms with Gasteiger partial charge < -0.3 is 9.84 Å². The molecule has 1 N–H and O–H groups in total. The van der Waals surface area contributed by atoms with Crippen LogP contribution in [0.2, 0.25) is 0 Å². The number of Topliss-reactive ketones (excluding diaryl/α,β-unsaturated/α-hetero) is 2. The van der Waals surface area contributed by atoms with Crippen LogP contribution in [0.1, 0.15) is 21.5 Å². The summed E-state index contributed by atoms with van der Waals surface area (Å²) < 4.78 is 4.84. The minimum Gasteiger partial charge on any atom is -0.478 e. The average Bonchev–Trinajstić information content (AvgIpc) is 2.64. The summed E-state index contributed by atoms with van der Waals surface area (Å²) in [4.78, 5) is 46.0. The Morgan fingerprint density at radius 2 is 1.56 bits per heavy atom. The van der Waals surface area contributed by atoms with Crippen molar-refractivity contribution in [1.82, 2.24) is 0 Å². The lowest BCUT2D eigenvalue weighted by molar-refractivity contribution is -0.152. The molecule has 25 heavy (non-hydrogen) atoms. The van der Waals surface area contributed by atoms with Crippen molar-refractivity contribution in [3.63, 3.8) is 0 Å². The number of aliphatic carboxylic acids is 1. The van der Waals surface area contributed by atoms with Crippen molar-refractivity contribution in [2.45, 2.75) is 6.61 Å². The predicted molar refractivity (Wildman–Crippen MR) is 88.7 cm³/mol. The number of carbonyl (C=O) groups excluding carboxylic acids is 3. The monoisotopic (exact) mass is 338 g/mol. The molecule has 0 aliphatic heterocycles. The summed E-state index contributed by atoms with van der Waals surface area (Å²) in [6.07, 6.45) is 2.29. The molecule has 6 heteroatoms. The van der Waals surface area contributed by atoms with Crippen LogP contribution >= 0.6 is 0 Å². The molecule has 0 unspecified atom stereocenters. The van der Waals surface area contributed by atoms with Crippen LogP contribution in [0, 0.1) is 0 Å². The summed E-state index contributed by atoms with van der Waals surface area (Å²) in [6, 6.07) is 14.4. The van der Waals surface area contributed by atoms with Gasteiger partial charge in [0.1, 0.15) is 6.61 Å². The van der Waals surface area contributed by atoms with Crippen molar-refractivity contribution in [3.8, 4) is 0 Å². The first kappa shape index (κ1) is 17.8. The van der Waals surface area contributed by atoms with Crippen molar-refractivity contribution in [2.24, 2.45) is 0 Å². The van der Waals surface area contributed by atoms with Gasteiger partial charge in [-0.2, -0.15) is 0 Å². The Morgan fingerprint density at radius 1 is 0.920 bits per heavy atom. The van der Waals surface area contributed by atoms with E-state index in [1.165, 1.54) is 30.3 Å². The van der Waals surface area contributed by atoms with Gasteiger partial charge in [-0.05, 0) is 17.2 Å². The fourth-order valence-electron chi connectivity index (χ4n) is 1.93. The van der Waals surface area contributed by atoms with E-state index in [0.29, 0.717) is 11.1 Å². The number of benzene rings is 2. The highest BCUT2D eigenvalue weighted by atomic mass is 16.5. The first-order valence-corrected chi connectivity index (χ1v) is 7.28. The third-order valence-corrected chi connectivity index (χ3v) is 3.20. The average molecular weight is 338 g/mol. The van der Waals surface area contributed by atoms with Crippen LogP contribution < -0.4 is 0 Å². The number of carboxylic acids is 1. The molecule has 2 aromatic carbocycles. The number of carbonyl (C=O) groups is 4. The van der Waals surface area contributed by atoms with Gasteiger partial charge in [0.15, 0.2) is 0 Å². The molecular weight excluding hydrogens is 324 g/mol. The molecule has 0 bridgehead atoms. The van der Waals surface area contributed by atoms with Crippen molar-refractivity contribution in [2.75, 3.05) is 0 Å². The number of hydrogen-bond donors (Lipinski definition) is 1. The fourth-order valence-corrected chi connectivity index (χ4v) is 1.93. The summed E-state index contributed by atoms with van der Waals surface area (Å²) in [6.45, 7) is -0.0996. The molecule has 0 aliphatic rings. The van der Waals surface area contributed by atoms with E-state index in [-0.39, 0.29) is 12.2 Å². The van der Waals surface area contributed by atoms with Crippen LogP contribution in [-0.2, 0) is 25.7 Å². The highest BCUT2D eigenvalue weighted by Crippen LogP contribution is 2.09. The van der Waals surface area contributed by atoms with E-state index in [1.54, 1.807) is 30.3 Å². The van der Waals surface area contributed by atoms with Crippen LogP contribution in [0.5, 0.6) is 0 Å². The molecular formula is C19H14O6. The lowest BCUT2D eigenvalue weighted by Crippen LogP contribution is -2.26. The second-order valence-electron chi connectivity index (χ2n) is 5.01. The molecule has 0 radical (unpaired) electrons. The Labute approximate surface area is 143 Å². The fraction of sp³-hybridized carbons (Fsp3) is 0.0526. The van der Waals surface area contributed by atoms with Gasteiger partial charge in [-0.3, -0.25) is 9.59 Å². The molecule has 126 valence electrons. The molecule has 0 fully saturated rings. The highest BCUT2D eigenvalue weighted by molar-refractivity contribution is 6.65. The molecule has 0 spiro atoms. The maximum Gasteiger partial charge on any atom is 0.383 e. The highest BCUT2D eigenvalue weighted by Gasteiger charge is 2.25. The van der Waals surface area contributed by atoms with Gasteiger partial charge in [0, 0.05) is 11.6 Å². The standard InChI is InChI=1S/C19H14O6/c20-16(21)11-8-13-6-9-15(10-7-13)17(22)18(23)19(24)25-12-14-4-2-1-3-5-14/h1-11H,12H2,(H,20,21). The van der Waals surface area contributed by atoms with Gasteiger partial charge in [0.2, 0.25) is 5.78 Å². The third-order valence-electron chi connectivity index (χ3n) is 3.20. The topological polar surface area (TPSA) is 97.7 Å². The predicted octanol–water partition coefficient (Wildman–Crippen LogP) is 2.28. The number of rotatable bonds is 7. The molecule has 0 aliphatic carbocycles. The molecule has 0 saturated carbocycles. The quantitative estimate of drug-likeness (QED) is 0.273. The van der Waals surface area contributed by atoms with E-state index in [1.807, 2.05) is 0 Å². The second kappa shape index (κ2) is 8.35. The maximum atomic E-state index is 12.0. The van der Waals surface area contributed by atoms with Crippen molar-refractivity contribution in [1.29, 1.82) is 0 Å². The van der Waals surface area contributed by atoms with E-state index in [9.17, 15) is 19.2 Å². The van der Waals surface area contributed by atoms with E-state index in [2.05, 4.69) is 0 Å². The van der Waals surface area contributed by atoms with Crippen molar-refractivity contribution >= 4 is 29.6 Å². The van der Waals surface area contributed by atoms with Gasteiger partial charge in [-0.15, -0.1) is 0 Å². The molecule has 0 heterocycles.